The summed E-state index contributed by atoms with van der Waals surface area (Å²) in [5, 5.41) is 9.44. The summed E-state index contributed by atoms with van der Waals surface area (Å²) in [6.07, 6.45) is 1.34. The summed E-state index contributed by atoms with van der Waals surface area (Å²) in [6.45, 7) is 2.92. The second-order valence-electron chi connectivity index (χ2n) is 5.70. The highest BCUT2D eigenvalue weighted by Gasteiger charge is 2.30. The molecular formula is C15H20N4OS. The maximum atomic E-state index is 9.44. The van der Waals surface area contributed by atoms with E-state index in [2.05, 4.69) is 33.9 Å². The standard InChI is InChI=1S/C15H20N4OS/c1-9-3-4-12(21-9)8-19(2)14-7-13(17-15(16)18-14)10-5-11(20)6-10/h3-4,7,10-11,20H,5-6,8H2,1-2H3,(H2,16,17,18). The second kappa shape index (κ2) is 5.61. The monoisotopic (exact) mass is 304 g/mol. The Hall–Kier alpha value is -1.66. The largest absolute Gasteiger partial charge is 0.393 e. The van der Waals surface area contributed by atoms with Gasteiger partial charge in [-0.3, -0.25) is 0 Å². The van der Waals surface area contributed by atoms with E-state index in [1.165, 1.54) is 9.75 Å². The number of nitrogens with zero attached hydrogens (tertiary/aromatic N) is 3. The lowest BCUT2D eigenvalue weighted by Gasteiger charge is -2.31. The van der Waals surface area contributed by atoms with Crippen LogP contribution in [-0.2, 0) is 6.54 Å². The van der Waals surface area contributed by atoms with Crippen molar-refractivity contribution in [3.05, 3.63) is 33.6 Å². The molecule has 0 amide bonds. The summed E-state index contributed by atoms with van der Waals surface area (Å²) >= 11 is 1.79. The number of rotatable bonds is 4. The molecule has 0 aliphatic heterocycles. The maximum Gasteiger partial charge on any atom is 0.222 e. The van der Waals surface area contributed by atoms with Crippen LogP contribution in [-0.4, -0.2) is 28.2 Å². The van der Waals surface area contributed by atoms with Crippen LogP contribution in [0, 0.1) is 6.92 Å². The molecule has 5 nitrogen and oxygen atoms in total. The number of aryl methyl sites for hydroxylation is 1. The molecule has 0 atom stereocenters. The van der Waals surface area contributed by atoms with Crippen LogP contribution in [0.25, 0.3) is 0 Å². The second-order valence-corrected chi connectivity index (χ2v) is 7.07. The van der Waals surface area contributed by atoms with Gasteiger partial charge in [-0.1, -0.05) is 0 Å². The van der Waals surface area contributed by atoms with Gasteiger partial charge in [0, 0.05) is 28.8 Å². The Kier molecular flexibility index (Phi) is 3.82. The van der Waals surface area contributed by atoms with Crippen molar-refractivity contribution in [1.82, 2.24) is 9.97 Å². The average Bonchev–Trinajstić information content (AvgIpc) is 2.79. The van der Waals surface area contributed by atoms with Gasteiger partial charge in [-0.2, -0.15) is 4.98 Å². The number of nitrogen functional groups attached to an aromatic ring is 1. The number of aliphatic hydroxyl groups is 1. The maximum absolute atomic E-state index is 9.44. The summed E-state index contributed by atoms with van der Waals surface area (Å²) in [4.78, 5) is 13.3. The first kappa shape index (κ1) is 14.3. The number of nitrogens with two attached hydrogens (primary N) is 1. The van der Waals surface area contributed by atoms with Crippen molar-refractivity contribution in [2.24, 2.45) is 0 Å². The van der Waals surface area contributed by atoms with Gasteiger partial charge in [-0.15, -0.1) is 11.3 Å². The highest BCUT2D eigenvalue weighted by Crippen LogP contribution is 2.37. The Morgan fingerprint density at radius 2 is 2.14 bits per heavy atom. The van der Waals surface area contributed by atoms with E-state index in [0.717, 1.165) is 30.9 Å². The van der Waals surface area contributed by atoms with Crippen molar-refractivity contribution in [2.75, 3.05) is 17.7 Å². The molecule has 0 bridgehead atoms. The van der Waals surface area contributed by atoms with Gasteiger partial charge in [0.1, 0.15) is 5.82 Å². The zero-order chi connectivity index (χ0) is 15.0. The first-order valence-electron chi connectivity index (χ1n) is 7.10. The fourth-order valence-corrected chi connectivity index (χ4v) is 3.53. The Bertz CT molecular complexity index is 636. The van der Waals surface area contributed by atoms with Crippen molar-refractivity contribution in [1.29, 1.82) is 0 Å². The molecule has 6 heteroatoms. The van der Waals surface area contributed by atoms with Gasteiger partial charge in [0.25, 0.3) is 0 Å². The molecule has 2 heterocycles. The van der Waals surface area contributed by atoms with E-state index in [1.807, 2.05) is 13.1 Å². The molecule has 1 fully saturated rings. The van der Waals surface area contributed by atoms with E-state index in [9.17, 15) is 5.11 Å². The molecule has 0 unspecified atom stereocenters. The quantitative estimate of drug-likeness (QED) is 0.906. The van der Waals surface area contributed by atoms with Crippen LogP contribution in [0.15, 0.2) is 18.2 Å². The zero-order valence-electron chi connectivity index (χ0n) is 12.3. The number of hydrogen-bond donors (Lipinski definition) is 2. The third-order valence-corrected chi connectivity index (χ3v) is 4.85. The summed E-state index contributed by atoms with van der Waals surface area (Å²) < 4.78 is 0. The molecule has 0 aromatic carbocycles. The number of aromatic nitrogens is 2. The van der Waals surface area contributed by atoms with Gasteiger partial charge in [-0.05, 0) is 31.9 Å². The van der Waals surface area contributed by atoms with E-state index in [0.29, 0.717) is 11.9 Å². The van der Waals surface area contributed by atoms with Gasteiger partial charge in [-0.25, -0.2) is 4.98 Å². The summed E-state index contributed by atoms with van der Waals surface area (Å²) in [5.41, 5.74) is 6.78. The van der Waals surface area contributed by atoms with Crippen LogP contribution in [0.5, 0.6) is 0 Å². The van der Waals surface area contributed by atoms with E-state index in [-0.39, 0.29) is 6.10 Å². The lowest BCUT2D eigenvalue weighted by atomic mass is 9.80. The van der Waals surface area contributed by atoms with E-state index in [4.69, 9.17) is 5.73 Å². The van der Waals surface area contributed by atoms with Gasteiger partial charge < -0.3 is 15.7 Å². The number of thiophene rings is 1. The molecule has 0 spiro atoms. The molecular weight excluding hydrogens is 284 g/mol. The van der Waals surface area contributed by atoms with Crippen LogP contribution in [0.1, 0.15) is 34.2 Å². The van der Waals surface area contributed by atoms with E-state index in [1.54, 1.807) is 11.3 Å². The van der Waals surface area contributed by atoms with Crippen molar-refractivity contribution in [2.45, 2.75) is 38.3 Å². The third-order valence-electron chi connectivity index (χ3n) is 3.86. The number of hydrogen-bond acceptors (Lipinski definition) is 6. The van der Waals surface area contributed by atoms with E-state index >= 15 is 0 Å². The van der Waals surface area contributed by atoms with Gasteiger partial charge in [0.05, 0.1) is 18.3 Å². The van der Waals surface area contributed by atoms with Crippen molar-refractivity contribution in [3.63, 3.8) is 0 Å². The minimum atomic E-state index is -0.193. The normalized spacial score (nSPS) is 21.1. The van der Waals surface area contributed by atoms with Crippen molar-refractivity contribution in [3.8, 4) is 0 Å². The predicted octanol–water partition coefficient (Wildman–Crippen LogP) is 2.30. The van der Waals surface area contributed by atoms with Gasteiger partial charge >= 0.3 is 0 Å². The molecule has 3 N–H and O–H groups in total. The fourth-order valence-electron chi connectivity index (χ4n) is 2.59. The minimum Gasteiger partial charge on any atom is -0.393 e. The highest BCUT2D eigenvalue weighted by atomic mass is 32.1. The Morgan fingerprint density at radius 1 is 1.38 bits per heavy atom. The molecule has 1 aliphatic carbocycles. The third kappa shape index (κ3) is 3.16. The van der Waals surface area contributed by atoms with Gasteiger partial charge in [0.2, 0.25) is 5.95 Å². The topological polar surface area (TPSA) is 75.3 Å². The molecule has 112 valence electrons. The van der Waals surface area contributed by atoms with Crippen molar-refractivity contribution >= 4 is 23.1 Å². The SMILES string of the molecule is Cc1ccc(CN(C)c2cc(C3CC(O)C3)nc(N)n2)s1. The average molecular weight is 304 g/mol. The molecule has 1 saturated carbocycles. The molecule has 2 aromatic rings. The lowest BCUT2D eigenvalue weighted by molar-refractivity contribution is 0.0732. The first-order chi connectivity index (χ1) is 10.0. The molecule has 2 aromatic heterocycles. The number of aliphatic hydroxyl groups excluding tert-OH is 1. The lowest BCUT2D eigenvalue weighted by Crippen LogP contribution is -2.28. The highest BCUT2D eigenvalue weighted by molar-refractivity contribution is 7.11. The fraction of sp³-hybridized carbons (Fsp3) is 0.467. The summed E-state index contributed by atoms with van der Waals surface area (Å²) in [6, 6.07) is 6.26. The van der Waals surface area contributed by atoms with Crippen LogP contribution >= 0.6 is 11.3 Å². The van der Waals surface area contributed by atoms with Crippen LogP contribution < -0.4 is 10.6 Å². The van der Waals surface area contributed by atoms with E-state index < -0.39 is 0 Å². The smallest absolute Gasteiger partial charge is 0.222 e. The molecule has 0 radical (unpaired) electrons. The Labute approximate surface area is 128 Å². The van der Waals surface area contributed by atoms with Crippen LogP contribution in [0.4, 0.5) is 11.8 Å². The number of anilines is 2. The zero-order valence-corrected chi connectivity index (χ0v) is 13.1. The molecule has 3 rings (SSSR count). The summed E-state index contributed by atoms with van der Waals surface area (Å²) in [7, 11) is 2.01. The van der Waals surface area contributed by atoms with Crippen molar-refractivity contribution < 1.29 is 5.11 Å². The molecule has 0 saturated heterocycles. The molecule has 21 heavy (non-hydrogen) atoms. The van der Waals surface area contributed by atoms with Gasteiger partial charge in [0.15, 0.2) is 0 Å². The Morgan fingerprint density at radius 3 is 2.76 bits per heavy atom. The Balaban J connectivity index is 1.77. The van der Waals surface area contributed by atoms with Crippen LogP contribution in [0.3, 0.4) is 0 Å². The first-order valence-corrected chi connectivity index (χ1v) is 7.92. The molecule has 1 aliphatic rings. The predicted molar refractivity (Wildman–Crippen MR) is 85.6 cm³/mol. The summed E-state index contributed by atoms with van der Waals surface area (Å²) in [5.74, 6) is 1.45. The minimum absolute atomic E-state index is 0.193. The van der Waals surface area contributed by atoms with Crippen LogP contribution in [0.2, 0.25) is 0 Å².